The molecule has 46 heavy (non-hydrogen) atoms. The van der Waals surface area contributed by atoms with Crippen molar-refractivity contribution < 1.29 is 49.0 Å². The molecule has 5 heteroatoms. The molecular formula is C41H42Cl2I2Zr-2. The van der Waals surface area contributed by atoms with Gasteiger partial charge in [-0.1, -0.05) is 71.6 Å². The van der Waals surface area contributed by atoms with Gasteiger partial charge in [-0.3, -0.25) is 6.08 Å². The minimum absolute atomic E-state index is 0. The van der Waals surface area contributed by atoms with Crippen molar-refractivity contribution in [3.63, 3.8) is 0 Å². The summed E-state index contributed by atoms with van der Waals surface area (Å²) >= 11 is 6.13. The van der Waals surface area contributed by atoms with Crippen LogP contribution in [0.1, 0.15) is 92.5 Å². The molecule has 6 rings (SSSR count). The zero-order chi connectivity index (χ0) is 32.2. The normalized spacial score (nSPS) is 12.4. The first-order valence-corrected chi connectivity index (χ1v) is 18.6. The van der Waals surface area contributed by atoms with Crippen molar-refractivity contribution in [3.05, 3.63) is 149 Å². The molecule has 0 fully saturated rings. The molecule has 0 nitrogen and oxygen atoms in total. The Bertz CT molecular complexity index is 1580. The van der Waals surface area contributed by atoms with E-state index in [1.807, 2.05) is 12.2 Å². The fourth-order valence-electron chi connectivity index (χ4n) is 5.76. The van der Waals surface area contributed by atoms with E-state index in [1.54, 1.807) is 0 Å². The maximum absolute atomic E-state index is 3.69. The number of fused-ring (bicyclic) bond motifs is 3. The molecule has 0 N–H and O–H groups in total. The fraction of sp³-hybridized carbons (Fsp3) is 0.293. The molecule has 0 amide bonds. The molecule has 2 aliphatic rings. The van der Waals surface area contributed by atoms with Gasteiger partial charge in [0.1, 0.15) is 0 Å². The number of benzene rings is 4. The van der Waals surface area contributed by atoms with E-state index in [1.165, 1.54) is 90.2 Å². The van der Waals surface area contributed by atoms with Gasteiger partial charge >= 0.3 is 139 Å². The third kappa shape index (κ3) is 10.8. The number of hydrogen-bond donors (Lipinski definition) is 0. The molecule has 0 radical (unpaired) electrons. The zero-order valence-electron chi connectivity index (χ0n) is 28.0. The van der Waals surface area contributed by atoms with Crippen LogP contribution >= 0.6 is 45.2 Å². The molecule has 0 bridgehead atoms. The van der Waals surface area contributed by atoms with Crippen LogP contribution in [0.5, 0.6) is 0 Å². The monoisotopic (exact) mass is 948 g/mol. The van der Waals surface area contributed by atoms with Crippen molar-refractivity contribution in [1.29, 1.82) is 0 Å². The van der Waals surface area contributed by atoms with Crippen LogP contribution in [0.2, 0.25) is 0 Å². The van der Waals surface area contributed by atoms with E-state index < -0.39 is 0 Å². The summed E-state index contributed by atoms with van der Waals surface area (Å²) in [5.41, 5.74) is 14.3. The standard InChI is InChI=1S/C23H29.C13H8I2.C5H5.2ClH.Zr/c1-14-9-16-11-17-10-15(2)21(23(6,7)8)13-19(17)18(16)12-20(14)22(3,4)5;14-12-5-1-10(2-6-12)9-11-3-7-13(15)8-4-11;1-2-4-5-3-1;;;/h9,12-13H,11H2,1-8H3;1-8H;1-3H,4H2;2*1H;/q-1;;-1;;;+2/p-2. The Morgan fingerprint density at radius 2 is 1.22 bits per heavy atom. The first-order chi connectivity index (χ1) is 20.6. The Labute approximate surface area is 332 Å². The molecular weight excluding hydrogens is 908 g/mol. The van der Waals surface area contributed by atoms with Crippen LogP contribution in [0.15, 0.2) is 85.0 Å². The molecule has 2 aliphatic carbocycles. The van der Waals surface area contributed by atoms with Crippen LogP contribution in [-0.2, 0) is 41.5 Å². The molecule has 4 aromatic carbocycles. The average Bonchev–Trinajstić information content (AvgIpc) is 3.63. The number of allylic oxidation sites excluding steroid dienone is 4. The summed E-state index contributed by atoms with van der Waals surface area (Å²) in [7, 11) is 0. The van der Waals surface area contributed by atoms with Crippen molar-refractivity contribution in [1.82, 2.24) is 0 Å². The molecule has 0 saturated carbocycles. The second-order valence-electron chi connectivity index (χ2n) is 13.6. The molecule has 0 unspecified atom stereocenters. The molecule has 0 aromatic heterocycles. The van der Waals surface area contributed by atoms with Crippen LogP contribution in [0.4, 0.5) is 0 Å². The summed E-state index contributed by atoms with van der Waals surface area (Å²) in [4.78, 5) is 0. The van der Waals surface area contributed by atoms with Crippen molar-refractivity contribution >= 4 is 48.4 Å². The summed E-state index contributed by atoms with van der Waals surface area (Å²) < 4.78 is 3.99. The topological polar surface area (TPSA) is 0 Å². The first kappa shape index (κ1) is 41.3. The molecule has 0 spiro atoms. The van der Waals surface area contributed by atoms with E-state index in [-0.39, 0.29) is 35.6 Å². The first-order valence-electron chi connectivity index (χ1n) is 15.2. The number of hydrogen-bond acceptors (Lipinski definition) is 0. The quantitative estimate of drug-likeness (QED) is 0.160. The molecule has 0 heterocycles. The van der Waals surface area contributed by atoms with E-state index >= 15 is 0 Å². The van der Waals surface area contributed by atoms with Crippen molar-refractivity contribution in [2.24, 2.45) is 0 Å². The van der Waals surface area contributed by atoms with Crippen LogP contribution in [0.3, 0.4) is 0 Å². The Morgan fingerprint density at radius 1 is 0.717 bits per heavy atom. The number of aryl methyl sites for hydroxylation is 2. The van der Waals surface area contributed by atoms with Gasteiger partial charge in [0.05, 0.1) is 0 Å². The Balaban J connectivity index is 0.000000278. The zero-order valence-corrected chi connectivity index (χ0v) is 36.3. The maximum atomic E-state index is 3.69. The van der Waals surface area contributed by atoms with Crippen molar-refractivity contribution in [2.45, 2.75) is 79.1 Å². The van der Waals surface area contributed by atoms with Gasteiger partial charge in [-0.25, -0.2) is 12.2 Å². The Morgan fingerprint density at radius 3 is 1.63 bits per heavy atom. The molecule has 4 aromatic rings. The predicted octanol–water partition coefficient (Wildman–Crippen LogP) is 5.59. The van der Waals surface area contributed by atoms with E-state index in [0.717, 1.165) is 12.8 Å². The SMILES string of the molecule is Cc1[c-]c2c(cc1C(C)(C)C)-c1cc(C(C)(C)C)c(C)cc1C2.[C-]1=CC=CC1.[Cl-].[Cl-].[Zr+2]=[C](c1ccc(I)cc1)c1ccc(I)cc1. The van der Waals surface area contributed by atoms with Crippen LogP contribution in [-0.4, -0.2) is 3.21 Å². The average molecular weight is 951 g/mol. The second kappa shape index (κ2) is 17.7. The Hall–Kier alpha value is -0.847. The fourth-order valence-corrected chi connectivity index (χ4v) is 7.30. The summed E-state index contributed by atoms with van der Waals surface area (Å²) in [5.74, 6) is 0. The van der Waals surface area contributed by atoms with Gasteiger partial charge < -0.3 is 24.8 Å². The molecule has 0 aliphatic heterocycles. The van der Waals surface area contributed by atoms with Gasteiger partial charge in [0.25, 0.3) is 0 Å². The second-order valence-corrected chi connectivity index (χ2v) is 17.3. The van der Waals surface area contributed by atoms with Crippen molar-refractivity contribution in [3.8, 4) is 11.1 Å². The molecule has 0 saturated heterocycles. The van der Waals surface area contributed by atoms with Crippen LogP contribution in [0.25, 0.3) is 11.1 Å². The summed E-state index contributed by atoms with van der Waals surface area (Å²) in [6, 6.07) is 28.4. The number of halogens is 4. The van der Waals surface area contributed by atoms with Gasteiger partial charge in [0.2, 0.25) is 0 Å². The van der Waals surface area contributed by atoms with Gasteiger partial charge in [-0.05, 0) is 35.4 Å². The molecule has 0 atom stereocenters. The predicted molar refractivity (Wildman–Crippen MR) is 203 cm³/mol. The number of rotatable bonds is 2. The third-order valence-electron chi connectivity index (χ3n) is 7.93. The van der Waals surface area contributed by atoms with E-state index in [0.29, 0.717) is 0 Å². The van der Waals surface area contributed by atoms with Gasteiger partial charge in [0, 0.05) is 0 Å². The van der Waals surface area contributed by atoms with E-state index in [4.69, 9.17) is 0 Å². The van der Waals surface area contributed by atoms with Gasteiger partial charge in [-0.2, -0.15) is 23.8 Å². The van der Waals surface area contributed by atoms with Crippen LogP contribution < -0.4 is 24.8 Å². The minimum atomic E-state index is 0. The van der Waals surface area contributed by atoms with Gasteiger partial charge in [0.15, 0.2) is 0 Å². The van der Waals surface area contributed by atoms with E-state index in [2.05, 4.69) is 186 Å². The summed E-state index contributed by atoms with van der Waals surface area (Å²) in [6.45, 7) is 18.2. The van der Waals surface area contributed by atoms with Crippen molar-refractivity contribution in [2.75, 3.05) is 0 Å². The Kier molecular flexibility index (Phi) is 15.9. The molecule has 240 valence electrons. The van der Waals surface area contributed by atoms with E-state index in [9.17, 15) is 0 Å². The van der Waals surface area contributed by atoms with Crippen LogP contribution in [0, 0.1) is 33.1 Å². The summed E-state index contributed by atoms with van der Waals surface area (Å²) in [5, 5.41) is 0. The third-order valence-corrected chi connectivity index (χ3v) is 10.8. The summed E-state index contributed by atoms with van der Waals surface area (Å²) in [6.07, 6.45) is 11.0. The van der Waals surface area contributed by atoms with Gasteiger partial charge in [-0.15, -0.1) is 23.1 Å².